The largest absolute Gasteiger partial charge is 0.325 e. The van der Waals surface area contributed by atoms with Crippen molar-refractivity contribution in [1.82, 2.24) is 0 Å². The smallest absolute Gasteiger partial charge is 0.232 e. The highest BCUT2D eigenvalue weighted by molar-refractivity contribution is 6.12. The van der Waals surface area contributed by atoms with Crippen LogP contribution in [0.3, 0.4) is 0 Å². The fourth-order valence-electron chi connectivity index (χ4n) is 4.04. The number of amides is 2. The fraction of sp³-hybridized carbons (Fsp3) is 0.0769. The molecule has 2 N–H and O–H groups in total. The molecule has 0 unspecified atom stereocenters. The van der Waals surface area contributed by atoms with Gasteiger partial charge in [0.1, 0.15) is 0 Å². The monoisotopic (exact) mass is 392 g/mol. The van der Waals surface area contributed by atoms with Gasteiger partial charge in [-0.25, -0.2) is 0 Å². The lowest BCUT2D eigenvalue weighted by Crippen LogP contribution is -2.20. The Morgan fingerprint density at radius 2 is 1.00 bits per heavy atom. The average Bonchev–Trinajstić information content (AvgIpc) is 3.45. The van der Waals surface area contributed by atoms with Gasteiger partial charge in [-0.05, 0) is 22.9 Å². The molecule has 4 heteroatoms. The first-order valence-electron chi connectivity index (χ1n) is 9.89. The van der Waals surface area contributed by atoms with Gasteiger partial charge < -0.3 is 10.6 Å². The van der Waals surface area contributed by atoms with Crippen LogP contribution in [0.5, 0.6) is 0 Å². The standard InChI is InChI=1S/C26H20N2O2/c1-16-23(25(29)27-21-14-6-10-17-8-2-4-12-19(17)21)24(16)26(30)28-22-15-7-11-18-9-3-5-13-20(18)22/h2-15,23-24H,1H2,(H,27,29)(H,28,30)/t23-,24-/m0/s1. The Kier molecular flexibility index (Phi) is 4.32. The summed E-state index contributed by atoms with van der Waals surface area (Å²) in [6.07, 6.45) is 0. The molecule has 0 radical (unpaired) electrons. The van der Waals surface area contributed by atoms with Crippen LogP contribution in [0, 0.1) is 11.8 Å². The summed E-state index contributed by atoms with van der Waals surface area (Å²) in [5.74, 6) is -1.43. The predicted octanol–water partition coefficient (Wildman–Crippen LogP) is 5.37. The van der Waals surface area contributed by atoms with E-state index in [1.54, 1.807) is 0 Å². The zero-order valence-corrected chi connectivity index (χ0v) is 16.3. The highest BCUT2D eigenvalue weighted by Crippen LogP contribution is 2.46. The van der Waals surface area contributed by atoms with Crippen molar-refractivity contribution in [2.24, 2.45) is 11.8 Å². The third kappa shape index (κ3) is 3.12. The number of benzene rings is 4. The zero-order valence-electron chi connectivity index (χ0n) is 16.3. The van der Waals surface area contributed by atoms with Gasteiger partial charge in [0.2, 0.25) is 11.8 Å². The van der Waals surface area contributed by atoms with Gasteiger partial charge in [-0.15, -0.1) is 0 Å². The van der Waals surface area contributed by atoms with Crippen molar-refractivity contribution >= 4 is 44.7 Å². The van der Waals surface area contributed by atoms with Crippen molar-refractivity contribution in [3.05, 3.63) is 97.1 Å². The molecule has 0 bridgehead atoms. The maximum absolute atomic E-state index is 12.9. The Bertz CT molecular complexity index is 1210. The van der Waals surface area contributed by atoms with E-state index in [4.69, 9.17) is 0 Å². The van der Waals surface area contributed by atoms with Crippen LogP contribution in [-0.4, -0.2) is 11.8 Å². The molecule has 30 heavy (non-hydrogen) atoms. The first-order valence-corrected chi connectivity index (χ1v) is 9.89. The second kappa shape index (κ2) is 7.16. The third-order valence-corrected chi connectivity index (χ3v) is 5.68. The molecule has 2 amide bonds. The Balaban J connectivity index is 1.33. The second-order valence-electron chi connectivity index (χ2n) is 7.56. The van der Waals surface area contributed by atoms with Crippen molar-refractivity contribution in [3.63, 3.8) is 0 Å². The number of fused-ring (bicyclic) bond motifs is 2. The van der Waals surface area contributed by atoms with E-state index in [1.807, 2.05) is 84.9 Å². The lowest BCUT2D eigenvalue weighted by Gasteiger charge is -2.09. The number of carbonyl (C=O) groups is 2. The van der Waals surface area contributed by atoms with Gasteiger partial charge in [-0.2, -0.15) is 0 Å². The van der Waals surface area contributed by atoms with E-state index in [1.165, 1.54) is 0 Å². The number of anilines is 2. The summed E-state index contributed by atoms with van der Waals surface area (Å²) < 4.78 is 0. The normalized spacial score (nSPS) is 17.7. The molecule has 5 rings (SSSR count). The van der Waals surface area contributed by atoms with Crippen LogP contribution in [0.2, 0.25) is 0 Å². The minimum absolute atomic E-state index is 0.200. The third-order valence-electron chi connectivity index (χ3n) is 5.68. The first-order chi connectivity index (χ1) is 14.6. The molecule has 1 aliphatic rings. The molecule has 4 aromatic rings. The van der Waals surface area contributed by atoms with Gasteiger partial charge in [0.05, 0.1) is 11.8 Å². The summed E-state index contributed by atoms with van der Waals surface area (Å²) in [7, 11) is 0. The van der Waals surface area contributed by atoms with Crippen LogP contribution < -0.4 is 10.6 Å². The minimum Gasteiger partial charge on any atom is -0.325 e. The molecule has 146 valence electrons. The summed E-state index contributed by atoms with van der Waals surface area (Å²) in [4.78, 5) is 25.7. The van der Waals surface area contributed by atoms with Crippen molar-refractivity contribution < 1.29 is 9.59 Å². The van der Waals surface area contributed by atoms with Gasteiger partial charge in [0.25, 0.3) is 0 Å². The Hall–Kier alpha value is -3.92. The molecule has 4 nitrogen and oxygen atoms in total. The van der Waals surface area contributed by atoms with Crippen molar-refractivity contribution in [3.8, 4) is 0 Å². The van der Waals surface area contributed by atoms with E-state index in [-0.39, 0.29) is 11.8 Å². The van der Waals surface area contributed by atoms with E-state index < -0.39 is 11.8 Å². The molecule has 0 aromatic heterocycles. The van der Waals surface area contributed by atoms with Crippen molar-refractivity contribution in [1.29, 1.82) is 0 Å². The van der Waals surface area contributed by atoms with Gasteiger partial charge in [-0.1, -0.05) is 84.9 Å². The highest BCUT2D eigenvalue weighted by Gasteiger charge is 2.52. The molecular formula is C26H20N2O2. The summed E-state index contributed by atoms with van der Waals surface area (Å²) in [6.45, 7) is 3.96. The Morgan fingerprint density at radius 3 is 1.47 bits per heavy atom. The van der Waals surface area contributed by atoms with E-state index in [9.17, 15) is 9.59 Å². The number of nitrogens with one attached hydrogen (secondary N) is 2. The van der Waals surface area contributed by atoms with Gasteiger partial charge in [0, 0.05) is 22.1 Å². The highest BCUT2D eigenvalue weighted by atomic mass is 16.2. The van der Waals surface area contributed by atoms with Crippen LogP contribution in [0.1, 0.15) is 0 Å². The molecular weight excluding hydrogens is 372 g/mol. The van der Waals surface area contributed by atoms with E-state index in [0.717, 1.165) is 32.9 Å². The molecule has 0 heterocycles. The Morgan fingerprint density at radius 1 is 0.600 bits per heavy atom. The van der Waals surface area contributed by atoms with Crippen LogP contribution in [0.15, 0.2) is 97.1 Å². The van der Waals surface area contributed by atoms with Crippen LogP contribution in [0.25, 0.3) is 21.5 Å². The fourth-order valence-corrected chi connectivity index (χ4v) is 4.04. The molecule has 4 aromatic carbocycles. The number of rotatable bonds is 4. The second-order valence-corrected chi connectivity index (χ2v) is 7.56. The van der Waals surface area contributed by atoms with E-state index >= 15 is 0 Å². The molecule has 2 atom stereocenters. The summed E-state index contributed by atoms with van der Waals surface area (Å²) in [6, 6.07) is 27.3. The average molecular weight is 392 g/mol. The maximum Gasteiger partial charge on any atom is 0.232 e. The van der Waals surface area contributed by atoms with Crippen molar-refractivity contribution in [2.45, 2.75) is 0 Å². The minimum atomic E-state index is -0.515. The maximum atomic E-state index is 12.9. The summed E-state index contributed by atoms with van der Waals surface area (Å²) in [5.41, 5.74) is 2.13. The number of carbonyl (C=O) groups excluding carboxylic acids is 2. The summed E-state index contributed by atoms with van der Waals surface area (Å²) in [5, 5.41) is 9.99. The van der Waals surface area contributed by atoms with E-state index in [2.05, 4.69) is 17.2 Å². The number of hydrogen-bond donors (Lipinski definition) is 2. The lowest BCUT2D eigenvalue weighted by molar-refractivity contribution is -0.122. The molecule has 0 aliphatic heterocycles. The van der Waals surface area contributed by atoms with Crippen LogP contribution in [-0.2, 0) is 9.59 Å². The molecule has 1 aliphatic carbocycles. The molecule has 1 saturated carbocycles. The predicted molar refractivity (Wildman–Crippen MR) is 121 cm³/mol. The van der Waals surface area contributed by atoms with Gasteiger partial charge in [-0.3, -0.25) is 9.59 Å². The van der Waals surface area contributed by atoms with Gasteiger partial charge >= 0.3 is 0 Å². The topological polar surface area (TPSA) is 58.2 Å². The van der Waals surface area contributed by atoms with E-state index in [0.29, 0.717) is 5.57 Å². The van der Waals surface area contributed by atoms with Gasteiger partial charge in [0.15, 0.2) is 0 Å². The quantitative estimate of drug-likeness (QED) is 0.459. The first kappa shape index (κ1) is 18.1. The zero-order chi connectivity index (χ0) is 20.7. The van der Waals surface area contributed by atoms with Crippen LogP contribution in [0.4, 0.5) is 11.4 Å². The molecule has 0 spiro atoms. The Labute approximate surface area is 174 Å². The molecule has 0 saturated heterocycles. The van der Waals surface area contributed by atoms with Crippen molar-refractivity contribution in [2.75, 3.05) is 10.6 Å². The summed E-state index contributed by atoms with van der Waals surface area (Å²) >= 11 is 0. The molecule has 1 fully saturated rings. The lowest BCUT2D eigenvalue weighted by atomic mass is 10.1. The SMILES string of the molecule is C=C1[C@H](C(=O)Nc2cccc3ccccc23)[C@H]1C(=O)Nc1cccc2ccccc12. The number of hydrogen-bond acceptors (Lipinski definition) is 2. The van der Waals surface area contributed by atoms with Crippen LogP contribution >= 0.6 is 0 Å².